The van der Waals surface area contributed by atoms with Crippen LogP contribution in [0.3, 0.4) is 0 Å². The second-order valence-electron chi connectivity index (χ2n) is 6.71. The highest BCUT2D eigenvalue weighted by molar-refractivity contribution is 5.83. The topological polar surface area (TPSA) is 45.9 Å². The van der Waals surface area contributed by atoms with Gasteiger partial charge >= 0.3 is 0 Å². The summed E-state index contributed by atoms with van der Waals surface area (Å²) in [5, 5.41) is 1.17. The first kappa shape index (κ1) is 15.7. The number of carbonyl (C=O) groups excluding carboxylic acids is 1. The van der Waals surface area contributed by atoms with Crippen LogP contribution in [0.25, 0.3) is 11.0 Å². The Morgan fingerprint density at radius 3 is 2.79 bits per heavy atom. The maximum Gasteiger partial charge on any atom is 0.240 e. The van der Waals surface area contributed by atoms with Crippen molar-refractivity contribution in [3.63, 3.8) is 0 Å². The molecule has 0 aliphatic carbocycles. The van der Waals surface area contributed by atoms with Crippen LogP contribution >= 0.6 is 0 Å². The van der Waals surface area contributed by atoms with E-state index < -0.39 is 0 Å². The Kier molecular flexibility index (Phi) is 4.29. The minimum atomic E-state index is -0.0179. The van der Waals surface area contributed by atoms with Gasteiger partial charge in [0.05, 0.1) is 25.8 Å². The van der Waals surface area contributed by atoms with E-state index in [2.05, 4.69) is 17.9 Å². The van der Waals surface area contributed by atoms with Crippen molar-refractivity contribution in [1.82, 2.24) is 9.80 Å². The lowest BCUT2D eigenvalue weighted by atomic mass is 10.1. The van der Waals surface area contributed by atoms with Crippen LogP contribution in [0.1, 0.15) is 24.2 Å². The fourth-order valence-electron chi connectivity index (χ4n) is 3.85. The lowest BCUT2D eigenvalue weighted by Crippen LogP contribution is -2.49. The number of amides is 1. The molecule has 1 amide bonds. The van der Waals surface area contributed by atoms with Crippen molar-refractivity contribution in [2.45, 2.75) is 32.4 Å². The number of nitrogens with zero attached hydrogens (tertiary/aromatic N) is 2. The van der Waals surface area contributed by atoms with Gasteiger partial charge in [-0.1, -0.05) is 18.2 Å². The standard InChI is InChI=1S/C19H24N2O3/c1-14-15-5-2-3-7-17(15)24-18(14)13-21-8-4-6-16(21)19(22)20-9-11-23-12-10-20/h2-3,5,7,16H,4,6,8-13H2,1H3/t16-/m0/s1. The Hall–Kier alpha value is -1.85. The summed E-state index contributed by atoms with van der Waals surface area (Å²) in [5.74, 6) is 1.24. The van der Waals surface area contributed by atoms with Crippen LogP contribution in [0, 0.1) is 6.92 Å². The SMILES string of the molecule is Cc1c(CN2CCC[C@H]2C(=O)N2CCOCC2)oc2ccccc12. The Morgan fingerprint density at radius 1 is 1.21 bits per heavy atom. The lowest BCUT2D eigenvalue weighted by molar-refractivity contribution is -0.140. The molecule has 1 atom stereocenters. The van der Waals surface area contributed by atoms with Crippen molar-refractivity contribution in [3.05, 3.63) is 35.6 Å². The Bertz CT molecular complexity index is 733. The van der Waals surface area contributed by atoms with E-state index in [0.29, 0.717) is 32.8 Å². The van der Waals surface area contributed by atoms with Crippen LogP contribution in [0.2, 0.25) is 0 Å². The summed E-state index contributed by atoms with van der Waals surface area (Å²) in [4.78, 5) is 17.1. The molecular formula is C19H24N2O3. The lowest BCUT2D eigenvalue weighted by Gasteiger charge is -2.32. The zero-order chi connectivity index (χ0) is 16.5. The molecule has 2 aliphatic heterocycles. The van der Waals surface area contributed by atoms with Crippen LogP contribution in [-0.2, 0) is 16.1 Å². The van der Waals surface area contributed by atoms with E-state index in [0.717, 1.165) is 30.7 Å². The normalized spacial score (nSPS) is 22.4. The van der Waals surface area contributed by atoms with Crippen molar-refractivity contribution in [1.29, 1.82) is 0 Å². The Labute approximate surface area is 142 Å². The first-order valence-electron chi connectivity index (χ1n) is 8.81. The van der Waals surface area contributed by atoms with Gasteiger partial charge < -0.3 is 14.1 Å². The molecule has 0 saturated carbocycles. The molecule has 0 N–H and O–H groups in total. The Balaban J connectivity index is 1.52. The average Bonchev–Trinajstić information content (AvgIpc) is 3.21. The molecule has 24 heavy (non-hydrogen) atoms. The summed E-state index contributed by atoms with van der Waals surface area (Å²) in [6, 6.07) is 8.12. The van der Waals surface area contributed by atoms with Crippen molar-refractivity contribution < 1.29 is 13.9 Å². The molecule has 0 unspecified atom stereocenters. The number of benzene rings is 1. The van der Waals surface area contributed by atoms with Crippen LogP contribution in [0.4, 0.5) is 0 Å². The number of morpholine rings is 1. The highest BCUT2D eigenvalue weighted by Crippen LogP contribution is 2.29. The van der Waals surface area contributed by atoms with Crippen molar-refractivity contribution in [2.24, 2.45) is 0 Å². The molecule has 1 aromatic carbocycles. The molecule has 2 aliphatic rings. The van der Waals surface area contributed by atoms with Crippen LogP contribution in [0.5, 0.6) is 0 Å². The van der Waals surface area contributed by atoms with Gasteiger partial charge in [-0.05, 0) is 37.9 Å². The second-order valence-corrected chi connectivity index (χ2v) is 6.71. The number of carbonyl (C=O) groups is 1. The van der Waals surface area contributed by atoms with E-state index in [4.69, 9.17) is 9.15 Å². The number of hydrogen-bond donors (Lipinski definition) is 0. The van der Waals surface area contributed by atoms with Gasteiger partial charge in [0.15, 0.2) is 0 Å². The molecule has 0 spiro atoms. The molecule has 2 aromatic rings. The fraction of sp³-hybridized carbons (Fsp3) is 0.526. The first-order chi connectivity index (χ1) is 11.7. The van der Waals surface area contributed by atoms with Gasteiger partial charge in [0.25, 0.3) is 0 Å². The maximum absolute atomic E-state index is 12.9. The number of para-hydroxylation sites is 1. The number of furan rings is 1. The Morgan fingerprint density at radius 2 is 2.00 bits per heavy atom. The minimum Gasteiger partial charge on any atom is -0.459 e. The number of ether oxygens (including phenoxy) is 1. The molecule has 0 radical (unpaired) electrons. The molecule has 2 fully saturated rings. The third-order valence-electron chi connectivity index (χ3n) is 5.26. The zero-order valence-corrected chi connectivity index (χ0v) is 14.2. The van der Waals surface area contributed by atoms with Crippen molar-refractivity contribution in [3.8, 4) is 0 Å². The van der Waals surface area contributed by atoms with E-state index in [-0.39, 0.29) is 11.9 Å². The highest BCUT2D eigenvalue weighted by Gasteiger charge is 2.35. The van der Waals surface area contributed by atoms with E-state index in [9.17, 15) is 4.79 Å². The summed E-state index contributed by atoms with van der Waals surface area (Å²) in [6.45, 7) is 6.51. The predicted molar refractivity (Wildman–Crippen MR) is 91.8 cm³/mol. The molecule has 128 valence electrons. The van der Waals surface area contributed by atoms with E-state index >= 15 is 0 Å². The number of rotatable bonds is 3. The molecule has 5 nitrogen and oxygen atoms in total. The van der Waals surface area contributed by atoms with E-state index in [1.54, 1.807) is 0 Å². The first-order valence-corrected chi connectivity index (χ1v) is 8.81. The van der Waals surface area contributed by atoms with Gasteiger partial charge in [-0.3, -0.25) is 9.69 Å². The summed E-state index contributed by atoms with van der Waals surface area (Å²) >= 11 is 0. The highest BCUT2D eigenvalue weighted by atomic mass is 16.5. The number of fused-ring (bicyclic) bond motifs is 1. The molecule has 4 rings (SSSR count). The van der Waals surface area contributed by atoms with Gasteiger partial charge in [-0.25, -0.2) is 0 Å². The van der Waals surface area contributed by atoms with E-state index in [1.807, 2.05) is 23.1 Å². The average molecular weight is 328 g/mol. The fourth-order valence-corrected chi connectivity index (χ4v) is 3.85. The second kappa shape index (κ2) is 6.57. The predicted octanol–water partition coefficient (Wildman–Crippen LogP) is 2.56. The smallest absolute Gasteiger partial charge is 0.240 e. The van der Waals surface area contributed by atoms with Crippen LogP contribution in [0.15, 0.2) is 28.7 Å². The quantitative estimate of drug-likeness (QED) is 0.869. The van der Waals surface area contributed by atoms with Crippen LogP contribution < -0.4 is 0 Å². The third-order valence-corrected chi connectivity index (χ3v) is 5.26. The summed E-state index contributed by atoms with van der Waals surface area (Å²) in [6.07, 6.45) is 2.01. The number of hydrogen-bond acceptors (Lipinski definition) is 4. The molecule has 2 saturated heterocycles. The number of aryl methyl sites for hydroxylation is 1. The van der Waals surface area contributed by atoms with Gasteiger partial charge in [0.1, 0.15) is 11.3 Å². The zero-order valence-electron chi connectivity index (χ0n) is 14.2. The van der Waals surface area contributed by atoms with Gasteiger partial charge in [0, 0.05) is 18.5 Å². The summed E-state index contributed by atoms with van der Waals surface area (Å²) in [7, 11) is 0. The molecule has 5 heteroatoms. The molecule has 0 bridgehead atoms. The summed E-state index contributed by atoms with van der Waals surface area (Å²) < 4.78 is 11.4. The van der Waals surface area contributed by atoms with Gasteiger partial charge in [-0.2, -0.15) is 0 Å². The largest absolute Gasteiger partial charge is 0.459 e. The minimum absolute atomic E-state index is 0.0179. The van der Waals surface area contributed by atoms with Gasteiger partial charge in [-0.15, -0.1) is 0 Å². The van der Waals surface area contributed by atoms with Gasteiger partial charge in [0.2, 0.25) is 5.91 Å². The number of likely N-dealkylation sites (tertiary alicyclic amines) is 1. The maximum atomic E-state index is 12.9. The van der Waals surface area contributed by atoms with Crippen LogP contribution in [-0.4, -0.2) is 54.6 Å². The monoisotopic (exact) mass is 328 g/mol. The molecule has 1 aromatic heterocycles. The third kappa shape index (κ3) is 2.82. The molecular weight excluding hydrogens is 304 g/mol. The van der Waals surface area contributed by atoms with Crippen molar-refractivity contribution >= 4 is 16.9 Å². The summed E-state index contributed by atoms with van der Waals surface area (Å²) in [5.41, 5.74) is 2.12. The molecule has 3 heterocycles. The van der Waals surface area contributed by atoms with Crippen molar-refractivity contribution in [2.75, 3.05) is 32.8 Å². The van der Waals surface area contributed by atoms with E-state index in [1.165, 1.54) is 10.9 Å².